The Labute approximate surface area is 150 Å². The summed E-state index contributed by atoms with van der Waals surface area (Å²) < 4.78 is 0. The number of ketones is 1. The zero-order valence-corrected chi connectivity index (χ0v) is 15.8. The molecule has 2 fully saturated rings. The summed E-state index contributed by atoms with van der Waals surface area (Å²) in [6, 6.07) is 0. The number of diazo groups is 1. The Morgan fingerprint density at radius 2 is 1.84 bits per heavy atom. The second kappa shape index (κ2) is 4.96. The number of rotatable bonds is 0. The maximum Gasteiger partial charge on any atom is 0.400 e. The van der Waals surface area contributed by atoms with Gasteiger partial charge in [0.05, 0.1) is 11.8 Å². The molecule has 0 aromatic carbocycles. The monoisotopic (exact) mass is 341 g/mol. The van der Waals surface area contributed by atoms with Gasteiger partial charge >= 0.3 is 5.70 Å². The molecule has 1 N–H and O–H groups in total. The third kappa shape index (κ3) is 1.93. The molecule has 0 aliphatic heterocycles. The molecule has 0 aromatic heterocycles. The SMILES string of the molecule is CC1(C)C2=CCC3C4CCC(=O)C4(C)CCC3C2(C)CC([N+]#N)=C1O. The first-order valence-corrected chi connectivity index (χ1v) is 9.68. The number of carbonyl (C=O) groups excluding carboxylic acids is 1. The van der Waals surface area contributed by atoms with Gasteiger partial charge in [-0.05, 0) is 57.3 Å². The van der Waals surface area contributed by atoms with Gasteiger partial charge in [0.1, 0.15) is 5.78 Å². The Morgan fingerprint density at radius 1 is 1.16 bits per heavy atom. The summed E-state index contributed by atoms with van der Waals surface area (Å²) in [4.78, 5) is 15.9. The Hall–Kier alpha value is -1.63. The van der Waals surface area contributed by atoms with Crippen molar-refractivity contribution in [3.8, 4) is 0 Å². The van der Waals surface area contributed by atoms with Crippen molar-refractivity contribution in [3.63, 3.8) is 0 Å². The Balaban J connectivity index is 1.80. The van der Waals surface area contributed by atoms with Gasteiger partial charge in [0.25, 0.3) is 0 Å². The van der Waals surface area contributed by atoms with Crippen LogP contribution in [0.15, 0.2) is 23.1 Å². The van der Waals surface area contributed by atoms with Crippen molar-refractivity contribution < 1.29 is 9.90 Å². The van der Waals surface area contributed by atoms with Gasteiger partial charge in [-0.25, -0.2) is 0 Å². The number of allylic oxidation sites excluding steroid dienone is 3. The summed E-state index contributed by atoms with van der Waals surface area (Å²) in [6.07, 6.45) is 7.71. The number of hydrogen-bond donors (Lipinski definition) is 1. The second-order valence-corrected chi connectivity index (χ2v) is 9.76. The van der Waals surface area contributed by atoms with E-state index in [4.69, 9.17) is 0 Å². The second-order valence-electron chi connectivity index (χ2n) is 9.76. The van der Waals surface area contributed by atoms with Crippen LogP contribution in [-0.4, -0.2) is 10.9 Å². The summed E-state index contributed by atoms with van der Waals surface area (Å²) in [5, 5.41) is 20.1. The average Bonchev–Trinajstić information content (AvgIpc) is 2.86. The maximum atomic E-state index is 12.5. The lowest BCUT2D eigenvalue weighted by Crippen LogP contribution is -2.52. The fourth-order valence-electron chi connectivity index (χ4n) is 7.06. The lowest BCUT2D eigenvalue weighted by Gasteiger charge is -2.57. The van der Waals surface area contributed by atoms with Gasteiger partial charge < -0.3 is 5.11 Å². The van der Waals surface area contributed by atoms with Crippen LogP contribution in [0.5, 0.6) is 0 Å². The van der Waals surface area contributed by atoms with Gasteiger partial charge in [0.15, 0.2) is 10.7 Å². The van der Waals surface area contributed by atoms with Crippen LogP contribution in [0.25, 0.3) is 4.98 Å². The van der Waals surface area contributed by atoms with E-state index < -0.39 is 5.41 Å². The lowest BCUT2D eigenvalue weighted by atomic mass is 9.46. The van der Waals surface area contributed by atoms with E-state index in [0.717, 1.165) is 32.1 Å². The first-order chi connectivity index (χ1) is 11.7. The number of hydrogen-bond acceptors (Lipinski definition) is 3. The third-order valence-corrected chi connectivity index (χ3v) is 8.37. The van der Waals surface area contributed by atoms with Crippen LogP contribution in [-0.2, 0) is 4.79 Å². The molecule has 0 amide bonds. The molecule has 0 spiro atoms. The van der Waals surface area contributed by atoms with Crippen LogP contribution < -0.4 is 0 Å². The molecule has 4 aliphatic rings. The predicted molar refractivity (Wildman–Crippen MR) is 96.0 cm³/mol. The highest BCUT2D eigenvalue weighted by molar-refractivity contribution is 5.87. The fraction of sp³-hybridized carbons (Fsp3) is 0.762. The van der Waals surface area contributed by atoms with Crippen molar-refractivity contribution in [1.29, 1.82) is 5.39 Å². The molecular weight excluding hydrogens is 312 g/mol. The van der Waals surface area contributed by atoms with Crippen LogP contribution in [0.1, 0.15) is 66.2 Å². The number of aliphatic hydroxyl groups is 1. The third-order valence-electron chi connectivity index (χ3n) is 8.37. The number of aliphatic hydroxyl groups excluding tert-OH is 1. The number of nitrogens with zero attached hydrogens (tertiary/aromatic N) is 2. The smallest absolute Gasteiger partial charge is 0.400 e. The maximum absolute atomic E-state index is 12.5. The van der Waals surface area contributed by atoms with Gasteiger partial charge in [-0.2, -0.15) is 0 Å². The van der Waals surface area contributed by atoms with Crippen LogP contribution in [0.2, 0.25) is 0 Å². The van der Waals surface area contributed by atoms with E-state index in [9.17, 15) is 15.3 Å². The molecule has 25 heavy (non-hydrogen) atoms. The van der Waals surface area contributed by atoms with Gasteiger partial charge in [-0.1, -0.05) is 25.5 Å². The fourth-order valence-corrected chi connectivity index (χ4v) is 7.06. The molecule has 4 nitrogen and oxygen atoms in total. The van der Waals surface area contributed by atoms with Crippen molar-refractivity contribution in [2.75, 3.05) is 0 Å². The molecular formula is C21H29N2O2+. The summed E-state index contributed by atoms with van der Waals surface area (Å²) in [5.74, 6) is 2.15. The molecule has 2 saturated carbocycles. The molecule has 4 heteroatoms. The average molecular weight is 341 g/mol. The van der Waals surface area contributed by atoms with Crippen molar-refractivity contribution in [2.24, 2.45) is 34.0 Å². The highest BCUT2D eigenvalue weighted by Gasteiger charge is 2.62. The molecule has 0 aromatic rings. The molecule has 0 radical (unpaired) electrons. The highest BCUT2D eigenvalue weighted by atomic mass is 16.3. The highest BCUT2D eigenvalue weighted by Crippen LogP contribution is 2.66. The van der Waals surface area contributed by atoms with E-state index in [-0.39, 0.29) is 16.6 Å². The van der Waals surface area contributed by atoms with Crippen molar-refractivity contribution in [3.05, 3.63) is 28.1 Å². The summed E-state index contributed by atoms with van der Waals surface area (Å²) in [7, 11) is 0. The normalized spacial score (nSPS) is 45.2. The quantitative estimate of drug-likeness (QED) is 0.475. The van der Waals surface area contributed by atoms with Crippen molar-refractivity contribution >= 4 is 5.78 Å². The van der Waals surface area contributed by atoms with Crippen LogP contribution in [0, 0.1) is 39.4 Å². The van der Waals surface area contributed by atoms with Gasteiger partial charge in [0.2, 0.25) is 5.39 Å². The van der Waals surface area contributed by atoms with Crippen LogP contribution in [0.4, 0.5) is 0 Å². The zero-order valence-electron chi connectivity index (χ0n) is 15.8. The van der Waals surface area contributed by atoms with E-state index in [0.29, 0.717) is 35.7 Å². The first kappa shape index (κ1) is 16.8. The van der Waals surface area contributed by atoms with Crippen molar-refractivity contribution in [1.82, 2.24) is 0 Å². The van der Waals surface area contributed by atoms with Crippen LogP contribution in [0.3, 0.4) is 0 Å². The largest absolute Gasteiger partial charge is 0.505 e. The van der Waals surface area contributed by atoms with E-state index in [1.54, 1.807) is 0 Å². The Bertz CT molecular complexity index is 756. The predicted octanol–water partition coefficient (Wildman–Crippen LogP) is 5.39. The Kier molecular flexibility index (Phi) is 3.34. The molecule has 0 bridgehead atoms. The molecule has 4 rings (SSSR count). The van der Waals surface area contributed by atoms with E-state index in [1.165, 1.54) is 5.57 Å². The summed E-state index contributed by atoms with van der Waals surface area (Å²) in [6.45, 7) is 8.54. The number of carbonyl (C=O) groups is 1. The standard InChI is InChI=1S/C21H28N2O2/c1-19(2)16-7-5-12-13-6-8-17(24)20(13,3)10-9-14(12)21(16,4)11-15(23-22)18(19)25/h7,12-14H,5-6,8-11H2,1-4H3/p+1. The number of Topliss-reactive ketones (excluding diaryl/α,β-unsaturated/α-hetero) is 1. The molecule has 4 aliphatic carbocycles. The van der Waals surface area contributed by atoms with E-state index in [1.807, 2.05) is 13.8 Å². The van der Waals surface area contributed by atoms with Crippen molar-refractivity contribution in [2.45, 2.75) is 66.2 Å². The molecule has 5 atom stereocenters. The minimum atomic E-state index is -0.494. The molecule has 0 heterocycles. The molecule has 5 unspecified atom stereocenters. The summed E-state index contributed by atoms with van der Waals surface area (Å²) in [5.41, 5.74) is 0.994. The minimum absolute atomic E-state index is 0.104. The Morgan fingerprint density at radius 3 is 2.52 bits per heavy atom. The van der Waals surface area contributed by atoms with Gasteiger partial charge in [-0.3, -0.25) is 4.79 Å². The topological polar surface area (TPSA) is 65.5 Å². The van der Waals surface area contributed by atoms with Gasteiger partial charge in [-0.15, -0.1) is 0 Å². The van der Waals surface area contributed by atoms with E-state index >= 15 is 0 Å². The van der Waals surface area contributed by atoms with Gasteiger partial charge in [0, 0.05) is 17.3 Å². The minimum Gasteiger partial charge on any atom is -0.505 e. The lowest BCUT2D eigenvalue weighted by molar-refractivity contribution is -0.131. The number of fused-ring (bicyclic) bond motifs is 5. The van der Waals surface area contributed by atoms with E-state index in [2.05, 4.69) is 24.9 Å². The van der Waals surface area contributed by atoms with Crippen LogP contribution >= 0.6 is 0 Å². The zero-order chi connectivity index (χ0) is 18.2. The first-order valence-electron chi connectivity index (χ1n) is 9.68. The molecule has 134 valence electrons. The summed E-state index contributed by atoms with van der Waals surface area (Å²) >= 11 is 0. The molecule has 0 saturated heterocycles.